The molecule has 0 aliphatic rings. The third-order valence-electron chi connectivity index (χ3n) is 2.66. The highest BCUT2D eigenvalue weighted by Gasteiger charge is 2.23. The van der Waals surface area contributed by atoms with Crippen molar-refractivity contribution < 1.29 is 10.0 Å². The maximum absolute atomic E-state index is 12.4. The highest BCUT2D eigenvalue weighted by atomic mass is 16.4. The smallest absolute Gasteiger partial charge is 0.254 e. The van der Waals surface area contributed by atoms with Crippen molar-refractivity contribution in [2.75, 3.05) is 13.1 Å². The van der Waals surface area contributed by atoms with E-state index in [1.165, 1.54) is 6.21 Å². The largest absolute Gasteiger partial charge is 0.411 e. The Morgan fingerprint density at radius 3 is 2.58 bits per heavy atom. The van der Waals surface area contributed by atoms with E-state index in [4.69, 9.17) is 5.21 Å². The predicted octanol–water partition coefficient (Wildman–Crippen LogP) is 2.80. The van der Waals surface area contributed by atoms with E-state index in [0.29, 0.717) is 18.7 Å². The lowest BCUT2D eigenvalue weighted by Crippen LogP contribution is -2.39. The van der Waals surface area contributed by atoms with Crippen molar-refractivity contribution in [3.63, 3.8) is 0 Å². The number of hydrogen-bond acceptors (Lipinski definition) is 3. The Balaban J connectivity index is 2.89. The van der Waals surface area contributed by atoms with Crippen molar-refractivity contribution >= 4 is 12.1 Å². The molecule has 0 aromatic heterocycles. The molecule has 0 saturated heterocycles. The summed E-state index contributed by atoms with van der Waals surface area (Å²) in [7, 11) is 0. The Bertz CT molecular complexity index is 452. The lowest BCUT2D eigenvalue weighted by molar-refractivity contribution is 0.0740. The van der Waals surface area contributed by atoms with Crippen LogP contribution in [0.5, 0.6) is 0 Å². The molecule has 4 heteroatoms. The minimum Gasteiger partial charge on any atom is -0.411 e. The topological polar surface area (TPSA) is 52.9 Å². The summed E-state index contributed by atoms with van der Waals surface area (Å²) >= 11 is 0. The predicted molar refractivity (Wildman–Crippen MR) is 76.6 cm³/mol. The first-order valence-electron chi connectivity index (χ1n) is 6.14. The SMILES string of the molecule is C=CCN(CC(C)(C)/C=N/O)C(=O)c1ccccc1. The minimum atomic E-state index is -0.401. The molecule has 0 bridgehead atoms. The fourth-order valence-corrected chi connectivity index (χ4v) is 1.83. The van der Waals surface area contributed by atoms with Gasteiger partial charge in [0.1, 0.15) is 0 Å². The molecule has 0 aliphatic carbocycles. The molecule has 0 aliphatic heterocycles. The molecule has 0 atom stereocenters. The first kappa shape index (κ1) is 15.0. The lowest BCUT2D eigenvalue weighted by Gasteiger charge is -2.29. The molecule has 4 nitrogen and oxygen atoms in total. The van der Waals surface area contributed by atoms with Crippen LogP contribution < -0.4 is 0 Å². The summed E-state index contributed by atoms with van der Waals surface area (Å²) < 4.78 is 0. The standard InChI is InChI=1S/C15H20N2O2/c1-4-10-17(12-15(2,3)11-16-19)14(18)13-8-6-5-7-9-13/h4-9,11,19H,1,10,12H2,2-3H3/b16-11+. The van der Waals surface area contributed by atoms with Gasteiger partial charge in [0, 0.05) is 24.1 Å². The van der Waals surface area contributed by atoms with Gasteiger partial charge in [-0.3, -0.25) is 4.79 Å². The van der Waals surface area contributed by atoms with Gasteiger partial charge >= 0.3 is 0 Å². The van der Waals surface area contributed by atoms with Crippen LogP contribution in [-0.2, 0) is 0 Å². The van der Waals surface area contributed by atoms with Crippen molar-refractivity contribution in [1.82, 2.24) is 4.90 Å². The fraction of sp³-hybridized carbons (Fsp3) is 0.333. The van der Waals surface area contributed by atoms with Crippen LogP contribution in [0.4, 0.5) is 0 Å². The average molecular weight is 260 g/mol. The zero-order chi connectivity index (χ0) is 14.3. The Kier molecular flexibility index (Phi) is 5.30. The fourth-order valence-electron chi connectivity index (χ4n) is 1.83. The van der Waals surface area contributed by atoms with Crippen molar-refractivity contribution in [2.45, 2.75) is 13.8 Å². The highest BCUT2D eigenvalue weighted by Crippen LogP contribution is 2.16. The summed E-state index contributed by atoms with van der Waals surface area (Å²) in [5.74, 6) is -0.0556. The molecule has 1 N–H and O–H groups in total. The highest BCUT2D eigenvalue weighted by molar-refractivity contribution is 5.94. The summed E-state index contributed by atoms with van der Waals surface area (Å²) in [5, 5.41) is 11.7. The van der Waals surface area contributed by atoms with E-state index in [1.807, 2.05) is 32.0 Å². The zero-order valence-corrected chi connectivity index (χ0v) is 11.4. The Morgan fingerprint density at radius 2 is 2.05 bits per heavy atom. The molecule has 0 unspecified atom stereocenters. The van der Waals surface area contributed by atoms with Crippen LogP contribution in [0.2, 0.25) is 0 Å². The van der Waals surface area contributed by atoms with Crippen LogP contribution in [0.1, 0.15) is 24.2 Å². The van der Waals surface area contributed by atoms with E-state index >= 15 is 0 Å². The molecule has 0 radical (unpaired) electrons. The third kappa shape index (κ3) is 4.58. The molecule has 0 spiro atoms. The van der Waals surface area contributed by atoms with Crippen LogP contribution in [0, 0.1) is 5.41 Å². The van der Waals surface area contributed by atoms with Crippen LogP contribution in [-0.4, -0.2) is 35.3 Å². The number of rotatable bonds is 6. The van der Waals surface area contributed by atoms with Gasteiger partial charge in [0.15, 0.2) is 0 Å². The van der Waals surface area contributed by atoms with E-state index in [-0.39, 0.29) is 5.91 Å². The van der Waals surface area contributed by atoms with Gasteiger partial charge in [0.25, 0.3) is 5.91 Å². The quantitative estimate of drug-likeness (QED) is 0.370. The second-order valence-electron chi connectivity index (χ2n) is 5.07. The van der Waals surface area contributed by atoms with Gasteiger partial charge in [-0.2, -0.15) is 0 Å². The van der Waals surface area contributed by atoms with Crippen LogP contribution >= 0.6 is 0 Å². The summed E-state index contributed by atoms with van der Waals surface area (Å²) in [4.78, 5) is 14.1. The maximum Gasteiger partial charge on any atom is 0.254 e. The molecular weight excluding hydrogens is 240 g/mol. The molecule has 1 amide bonds. The van der Waals surface area contributed by atoms with Crippen molar-refractivity contribution in [3.8, 4) is 0 Å². The van der Waals surface area contributed by atoms with Gasteiger partial charge in [-0.1, -0.05) is 38.1 Å². The molecule has 0 fully saturated rings. The normalized spacial score (nSPS) is 11.5. The van der Waals surface area contributed by atoms with Gasteiger partial charge in [0.05, 0.1) is 6.21 Å². The van der Waals surface area contributed by atoms with Gasteiger partial charge in [-0.05, 0) is 12.1 Å². The van der Waals surface area contributed by atoms with Gasteiger partial charge in [-0.15, -0.1) is 11.7 Å². The minimum absolute atomic E-state index is 0.0556. The van der Waals surface area contributed by atoms with E-state index in [2.05, 4.69) is 11.7 Å². The number of oxime groups is 1. The third-order valence-corrected chi connectivity index (χ3v) is 2.66. The molecule has 1 aromatic carbocycles. The lowest BCUT2D eigenvalue weighted by atomic mass is 9.94. The maximum atomic E-state index is 12.4. The molecule has 0 heterocycles. The number of hydrogen-bond donors (Lipinski definition) is 1. The number of benzene rings is 1. The molecule has 0 saturated carbocycles. The molecular formula is C15H20N2O2. The monoisotopic (exact) mass is 260 g/mol. The summed E-state index contributed by atoms with van der Waals surface area (Å²) in [6.45, 7) is 8.39. The number of nitrogens with zero attached hydrogens (tertiary/aromatic N) is 2. The summed E-state index contributed by atoms with van der Waals surface area (Å²) in [5.41, 5.74) is 0.239. The number of amides is 1. The van der Waals surface area contributed by atoms with Crippen molar-refractivity contribution in [3.05, 3.63) is 48.6 Å². The number of carbonyl (C=O) groups excluding carboxylic acids is 1. The van der Waals surface area contributed by atoms with Gasteiger partial charge in [-0.25, -0.2) is 0 Å². The van der Waals surface area contributed by atoms with Gasteiger partial charge < -0.3 is 10.1 Å². The Morgan fingerprint density at radius 1 is 1.42 bits per heavy atom. The average Bonchev–Trinajstić information content (AvgIpc) is 2.38. The van der Waals surface area contributed by atoms with Crippen LogP contribution in [0.25, 0.3) is 0 Å². The molecule has 1 rings (SSSR count). The van der Waals surface area contributed by atoms with E-state index in [1.54, 1.807) is 23.1 Å². The molecule has 1 aromatic rings. The summed E-state index contributed by atoms with van der Waals surface area (Å²) in [6.07, 6.45) is 3.12. The zero-order valence-electron chi connectivity index (χ0n) is 11.4. The summed E-state index contributed by atoms with van der Waals surface area (Å²) in [6, 6.07) is 9.10. The molecule has 19 heavy (non-hydrogen) atoms. The Labute approximate surface area is 114 Å². The van der Waals surface area contributed by atoms with Crippen molar-refractivity contribution in [2.24, 2.45) is 10.6 Å². The van der Waals surface area contributed by atoms with E-state index in [9.17, 15) is 4.79 Å². The molecule has 102 valence electrons. The van der Waals surface area contributed by atoms with Crippen molar-refractivity contribution in [1.29, 1.82) is 0 Å². The number of carbonyl (C=O) groups is 1. The first-order valence-corrected chi connectivity index (χ1v) is 6.14. The van der Waals surface area contributed by atoms with Gasteiger partial charge in [0.2, 0.25) is 0 Å². The van der Waals surface area contributed by atoms with E-state index in [0.717, 1.165) is 0 Å². The second kappa shape index (κ2) is 6.73. The Hall–Kier alpha value is -2.10. The van der Waals surface area contributed by atoms with E-state index < -0.39 is 5.41 Å². The van der Waals surface area contributed by atoms with Crippen LogP contribution in [0.3, 0.4) is 0 Å². The van der Waals surface area contributed by atoms with Crippen LogP contribution in [0.15, 0.2) is 48.1 Å². The second-order valence-corrected chi connectivity index (χ2v) is 5.07. The first-order chi connectivity index (χ1) is 9.00.